The maximum Gasteiger partial charge on any atom is 0.272 e. The van der Waals surface area contributed by atoms with E-state index in [1.807, 2.05) is 19.2 Å². The minimum atomic E-state index is -0.335. The molecule has 22 heavy (non-hydrogen) atoms. The van der Waals surface area contributed by atoms with Crippen LogP contribution in [-0.2, 0) is 0 Å². The van der Waals surface area contributed by atoms with Gasteiger partial charge in [0.25, 0.3) is 5.91 Å². The number of hydrazone groups is 1. The molecule has 0 saturated carbocycles. The first kappa shape index (κ1) is 17.5. The summed E-state index contributed by atoms with van der Waals surface area (Å²) in [5, 5.41) is 7.54. The number of hydrogen-bond acceptors (Lipinski definition) is 3. The summed E-state index contributed by atoms with van der Waals surface area (Å²) >= 11 is 10.5. The van der Waals surface area contributed by atoms with E-state index in [1.165, 1.54) is 0 Å². The zero-order valence-corrected chi connectivity index (χ0v) is 16.6. The number of nitrogens with zero attached hydrogens (tertiary/aromatic N) is 1. The molecule has 0 aromatic heterocycles. The lowest BCUT2D eigenvalue weighted by Crippen LogP contribution is -2.18. The van der Waals surface area contributed by atoms with Gasteiger partial charge in [0.05, 0.1) is 22.5 Å². The van der Waals surface area contributed by atoms with Crippen LogP contribution in [0.4, 0.5) is 5.69 Å². The highest BCUT2D eigenvalue weighted by Crippen LogP contribution is 2.25. The van der Waals surface area contributed by atoms with Crippen LogP contribution in [0.25, 0.3) is 0 Å². The van der Waals surface area contributed by atoms with Crippen molar-refractivity contribution in [2.75, 3.05) is 12.4 Å². The van der Waals surface area contributed by atoms with E-state index >= 15 is 0 Å². The molecule has 0 fully saturated rings. The highest BCUT2D eigenvalue weighted by Gasteiger charge is 2.08. The Labute approximate surface area is 161 Å². The monoisotopic (exact) mass is 539 g/mol. The van der Waals surface area contributed by atoms with Crippen LogP contribution in [0.5, 0.6) is 0 Å². The zero-order valence-electron chi connectivity index (χ0n) is 11.5. The van der Waals surface area contributed by atoms with Gasteiger partial charge in [-0.25, -0.2) is 5.43 Å². The molecule has 0 atom stereocenters. The number of benzene rings is 2. The fourth-order valence-electron chi connectivity index (χ4n) is 1.78. The maximum atomic E-state index is 12.0. The number of rotatable bonds is 4. The van der Waals surface area contributed by atoms with Crippen LogP contribution in [0.2, 0.25) is 5.02 Å². The third-order valence-electron chi connectivity index (χ3n) is 2.81. The van der Waals surface area contributed by atoms with E-state index in [4.69, 9.17) is 11.6 Å². The van der Waals surface area contributed by atoms with Crippen molar-refractivity contribution in [3.63, 3.8) is 0 Å². The van der Waals surface area contributed by atoms with Crippen molar-refractivity contribution < 1.29 is 4.79 Å². The van der Waals surface area contributed by atoms with Crippen LogP contribution in [0, 0.1) is 7.14 Å². The molecule has 0 radical (unpaired) electrons. The third kappa shape index (κ3) is 4.32. The largest absolute Gasteiger partial charge is 0.386 e. The summed E-state index contributed by atoms with van der Waals surface area (Å²) < 4.78 is 2.18. The van der Waals surface area contributed by atoms with E-state index in [-0.39, 0.29) is 5.91 Å². The lowest BCUT2D eigenvalue weighted by Gasteiger charge is -2.07. The fourth-order valence-corrected chi connectivity index (χ4v) is 4.35. The summed E-state index contributed by atoms with van der Waals surface area (Å²) in [7, 11) is 1.89. The highest BCUT2D eigenvalue weighted by atomic mass is 127. The van der Waals surface area contributed by atoms with Gasteiger partial charge in [0, 0.05) is 14.2 Å². The summed E-state index contributed by atoms with van der Waals surface area (Å²) in [6.45, 7) is 0. The molecule has 0 aliphatic carbocycles. The van der Waals surface area contributed by atoms with Gasteiger partial charge in [-0.3, -0.25) is 4.79 Å². The number of amides is 1. The van der Waals surface area contributed by atoms with Gasteiger partial charge in [0.15, 0.2) is 0 Å². The number of carbonyl (C=O) groups excluding carboxylic acids is 1. The molecule has 7 heteroatoms. The fraction of sp³-hybridized carbons (Fsp3) is 0.0667. The minimum absolute atomic E-state index is 0.335. The Hall–Kier alpha value is -0.870. The molecule has 2 aromatic carbocycles. The molecule has 4 nitrogen and oxygen atoms in total. The van der Waals surface area contributed by atoms with Crippen molar-refractivity contribution in [3.05, 3.63) is 59.7 Å². The lowest BCUT2D eigenvalue weighted by atomic mass is 10.2. The molecule has 2 aromatic rings. The van der Waals surface area contributed by atoms with Crippen molar-refractivity contribution in [2.24, 2.45) is 5.10 Å². The normalized spacial score (nSPS) is 10.7. The first-order chi connectivity index (χ1) is 10.5. The van der Waals surface area contributed by atoms with Crippen LogP contribution >= 0.6 is 56.8 Å². The topological polar surface area (TPSA) is 53.5 Å². The lowest BCUT2D eigenvalue weighted by molar-refractivity contribution is 0.0955. The van der Waals surface area contributed by atoms with Crippen LogP contribution in [0.3, 0.4) is 0 Å². The SMILES string of the molecule is CNc1c(I)cc(/C=N\NC(=O)c2ccccc2Cl)cc1I. The summed E-state index contributed by atoms with van der Waals surface area (Å²) in [6.07, 6.45) is 1.61. The third-order valence-corrected chi connectivity index (χ3v) is 4.84. The number of hydrogen-bond donors (Lipinski definition) is 2. The van der Waals surface area contributed by atoms with Crippen molar-refractivity contribution in [2.45, 2.75) is 0 Å². The van der Waals surface area contributed by atoms with E-state index in [0.717, 1.165) is 18.4 Å². The molecule has 0 bridgehead atoms. The van der Waals surface area contributed by atoms with Gasteiger partial charge in [0.2, 0.25) is 0 Å². The molecule has 0 spiro atoms. The average Bonchev–Trinajstić information content (AvgIpc) is 2.47. The van der Waals surface area contributed by atoms with E-state index in [2.05, 4.69) is 61.0 Å². The van der Waals surface area contributed by atoms with Gasteiger partial charge in [-0.05, 0) is 75.0 Å². The highest BCUT2D eigenvalue weighted by molar-refractivity contribution is 14.1. The summed E-state index contributed by atoms with van der Waals surface area (Å²) in [5.41, 5.74) is 4.87. The molecular formula is C15H12ClI2N3O. The van der Waals surface area contributed by atoms with Crippen LogP contribution in [-0.4, -0.2) is 19.2 Å². The summed E-state index contributed by atoms with van der Waals surface area (Å²) in [6, 6.07) is 10.8. The van der Waals surface area contributed by atoms with Gasteiger partial charge in [-0.15, -0.1) is 0 Å². The maximum absolute atomic E-state index is 12.0. The Balaban J connectivity index is 2.10. The molecule has 0 saturated heterocycles. The van der Waals surface area contributed by atoms with Crippen LogP contribution in [0.1, 0.15) is 15.9 Å². The second-order valence-corrected chi connectivity index (χ2v) is 7.02. The molecule has 0 unspecified atom stereocenters. The molecule has 114 valence electrons. The van der Waals surface area contributed by atoms with Gasteiger partial charge >= 0.3 is 0 Å². The number of nitrogens with one attached hydrogen (secondary N) is 2. The van der Waals surface area contributed by atoms with Crippen molar-refractivity contribution in [3.8, 4) is 0 Å². The standard InChI is InChI=1S/C15H12ClI2N3O/c1-19-14-12(17)6-9(7-13(14)18)8-20-21-15(22)10-4-2-3-5-11(10)16/h2-8,19H,1H3,(H,21,22)/b20-8-. The minimum Gasteiger partial charge on any atom is -0.386 e. The smallest absolute Gasteiger partial charge is 0.272 e. The molecule has 2 rings (SSSR count). The first-order valence-electron chi connectivity index (χ1n) is 6.27. The zero-order chi connectivity index (χ0) is 16.1. The second kappa shape index (κ2) is 8.11. The number of carbonyl (C=O) groups is 1. The Morgan fingerprint density at radius 1 is 1.23 bits per heavy atom. The van der Waals surface area contributed by atoms with Crippen molar-refractivity contribution >= 4 is 74.6 Å². The van der Waals surface area contributed by atoms with E-state index < -0.39 is 0 Å². The molecular weight excluding hydrogens is 527 g/mol. The molecule has 0 aliphatic heterocycles. The molecule has 2 N–H and O–H groups in total. The van der Waals surface area contributed by atoms with E-state index in [1.54, 1.807) is 30.5 Å². The Kier molecular flexibility index (Phi) is 6.45. The van der Waals surface area contributed by atoms with Gasteiger partial charge in [0.1, 0.15) is 0 Å². The number of halogens is 3. The molecule has 1 amide bonds. The van der Waals surface area contributed by atoms with Crippen molar-refractivity contribution in [1.82, 2.24) is 5.43 Å². The van der Waals surface area contributed by atoms with Gasteiger partial charge in [-0.2, -0.15) is 5.10 Å². The summed E-state index contributed by atoms with van der Waals surface area (Å²) in [5.74, 6) is -0.335. The number of anilines is 1. The van der Waals surface area contributed by atoms with Gasteiger partial charge < -0.3 is 5.32 Å². The van der Waals surface area contributed by atoms with Crippen LogP contribution in [0.15, 0.2) is 41.5 Å². The second-order valence-electron chi connectivity index (χ2n) is 4.29. The average molecular weight is 540 g/mol. The van der Waals surface area contributed by atoms with E-state index in [9.17, 15) is 4.79 Å². The first-order valence-corrected chi connectivity index (χ1v) is 8.81. The Morgan fingerprint density at radius 2 is 1.86 bits per heavy atom. The Bertz CT molecular complexity index is 711. The van der Waals surface area contributed by atoms with Crippen LogP contribution < -0.4 is 10.7 Å². The predicted molar refractivity (Wildman–Crippen MR) is 108 cm³/mol. The van der Waals surface area contributed by atoms with E-state index in [0.29, 0.717) is 10.6 Å². The summed E-state index contributed by atoms with van der Waals surface area (Å²) in [4.78, 5) is 12.0. The predicted octanol–water partition coefficient (Wildman–Crippen LogP) is 4.35. The van der Waals surface area contributed by atoms with Crippen molar-refractivity contribution in [1.29, 1.82) is 0 Å². The Morgan fingerprint density at radius 3 is 2.45 bits per heavy atom. The quantitative estimate of drug-likeness (QED) is 0.345. The van der Waals surface area contributed by atoms with Gasteiger partial charge in [-0.1, -0.05) is 23.7 Å². The molecule has 0 heterocycles. The molecule has 0 aliphatic rings.